The topological polar surface area (TPSA) is 28.7 Å². The molecule has 3 heteroatoms. The van der Waals surface area contributed by atoms with Gasteiger partial charge in [-0.1, -0.05) is 40.8 Å². The van der Waals surface area contributed by atoms with E-state index in [4.69, 9.17) is 0 Å². The maximum Gasteiger partial charge on any atom is 0.0681 e. The lowest BCUT2D eigenvalue weighted by Gasteiger charge is -1.92. The van der Waals surface area contributed by atoms with Crippen molar-refractivity contribution in [1.29, 1.82) is 0 Å². The van der Waals surface area contributed by atoms with Crippen molar-refractivity contribution in [2.24, 2.45) is 0 Å². The second kappa shape index (κ2) is 4.82. The number of halogens is 1. The summed E-state index contributed by atoms with van der Waals surface area (Å²) in [5.41, 5.74) is 3.38. The number of para-hydroxylation sites is 1. The minimum absolute atomic E-state index is 1.05. The summed E-state index contributed by atoms with van der Waals surface area (Å²) in [7, 11) is 0. The minimum atomic E-state index is 1.05. The van der Waals surface area contributed by atoms with E-state index in [1.165, 1.54) is 16.3 Å². The van der Waals surface area contributed by atoms with Crippen LogP contribution in [-0.2, 0) is 0 Å². The molecule has 2 nitrogen and oxygen atoms in total. The highest BCUT2D eigenvalue weighted by atomic mass is 127. The van der Waals surface area contributed by atoms with Crippen molar-refractivity contribution >= 4 is 44.4 Å². The molecular weight excluding hydrogens is 311 g/mol. The van der Waals surface area contributed by atoms with Gasteiger partial charge in [0.15, 0.2) is 0 Å². The molecule has 3 aromatic rings. The first-order valence-electron chi connectivity index (χ1n) is 5.06. The highest BCUT2D eigenvalue weighted by Gasteiger charge is 2.04. The molecule has 0 aliphatic carbocycles. The third kappa shape index (κ3) is 1.80. The van der Waals surface area contributed by atoms with Crippen molar-refractivity contribution in [2.45, 2.75) is 6.92 Å². The van der Waals surface area contributed by atoms with Gasteiger partial charge in [0.1, 0.15) is 0 Å². The summed E-state index contributed by atoms with van der Waals surface area (Å²) in [5, 5.41) is 2.53. The summed E-state index contributed by atoms with van der Waals surface area (Å²) in [6.07, 6.45) is 1.86. The summed E-state index contributed by atoms with van der Waals surface area (Å²) >= 11 is 2.15. The Morgan fingerprint density at radius 1 is 1.06 bits per heavy atom. The van der Waals surface area contributed by atoms with E-state index in [-0.39, 0.29) is 0 Å². The fourth-order valence-corrected chi connectivity index (χ4v) is 1.91. The van der Waals surface area contributed by atoms with Gasteiger partial charge in [-0.05, 0) is 24.0 Å². The van der Waals surface area contributed by atoms with Crippen molar-refractivity contribution < 1.29 is 0 Å². The van der Waals surface area contributed by atoms with Gasteiger partial charge in [0, 0.05) is 22.5 Å². The molecule has 0 fully saturated rings. The molecule has 1 aromatic carbocycles. The molecule has 0 unspecified atom stereocenters. The number of benzene rings is 1. The molecule has 0 saturated heterocycles. The Morgan fingerprint density at radius 2 is 1.81 bits per heavy atom. The highest BCUT2D eigenvalue weighted by Crippen LogP contribution is 2.25. The number of fused-ring (bicyclic) bond motifs is 3. The molecule has 16 heavy (non-hydrogen) atoms. The Hall–Kier alpha value is -1.10. The number of aromatic amines is 1. The number of alkyl halides is 1. The zero-order valence-electron chi connectivity index (χ0n) is 9.29. The lowest BCUT2D eigenvalue weighted by molar-refractivity contribution is 1.22. The molecule has 0 atom stereocenters. The predicted molar refractivity (Wildman–Crippen MR) is 78.3 cm³/mol. The molecule has 0 saturated carbocycles. The number of aryl methyl sites for hydroxylation is 1. The van der Waals surface area contributed by atoms with Crippen molar-refractivity contribution in [3.8, 4) is 0 Å². The molecule has 0 radical (unpaired) electrons. The quantitative estimate of drug-likeness (QED) is 0.490. The SMILES string of the molecule is CI.Cc1nccc2c1[nH]c1ccccc12. The fourth-order valence-electron chi connectivity index (χ4n) is 1.91. The van der Waals surface area contributed by atoms with Gasteiger partial charge in [-0.25, -0.2) is 0 Å². The van der Waals surface area contributed by atoms with Gasteiger partial charge in [0.25, 0.3) is 0 Å². The van der Waals surface area contributed by atoms with E-state index in [0.29, 0.717) is 0 Å². The van der Waals surface area contributed by atoms with Gasteiger partial charge < -0.3 is 4.98 Å². The molecule has 0 aliphatic rings. The predicted octanol–water partition coefficient (Wildman–Crippen LogP) is 4.08. The maximum absolute atomic E-state index is 4.27. The van der Waals surface area contributed by atoms with Crippen molar-refractivity contribution in [3.63, 3.8) is 0 Å². The third-order valence-electron chi connectivity index (χ3n) is 2.62. The van der Waals surface area contributed by atoms with Gasteiger partial charge in [0.2, 0.25) is 0 Å². The summed E-state index contributed by atoms with van der Waals surface area (Å²) in [6, 6.07) is 10.4. The fraction of sp³-hybridized carbons (Fsp3) is 0.154. The van der Waals surface area contributed by atoms with Crippen LogP contribution < -0.4 is 0 Å². The Morgan fingerprint density at radius 3 is 2.62 bits per heavy atom. The number of H-pyrrole nitrogens is 1. The largest absolute Gasteiger partial charge is 0.353 e. The van der Waals surface area contributed by atoms with E-state index in [2.05, 4.69) is 56.8 Å². The molecule has 0 bridgehead atoms. The van der Waals surface area contributed by atoms with E-state index >= 15 is 0 Å². The van der Waals surface area contributed by atoms with Crippen LogP contribution in [0, 0.1) is 6.92 Å². The zero-order valence-corrected chi connectivity index (χ0v) is 11.4. The van der Waals surface area contributed by atoms with Gasteiger partial charge in [-0.15, -0.1) is 0 Å². The summed E-state index contributed by atoms with van der Waals surface area (Å²) in [4.78, 5) is 9.63. The molecule has 0 spiro atoms. The molecule has 2 heterocycles. The van der Waals surface area contributed by atoms with Crippen LogP contribution in [0.3, 0.4) is 0 Å². The van der Waals surface area contributed by atoms with Crippen molar-refractivity contribution in [3.05, 3.63) is 42.2 Å². The molecule has 3 rings (SSSR count). The molecular formula is C13H13IN2. The standard InChI is InChI=1S/C12H10N2.CH3I/c1-8-12-10(6-7-13-8)9-4-2-3-5-11(9)14-12;1-2/h2-7,14H,1H3;1H3. The van der Waals surface area contributed by atoms with Crippen LogP contribution in [0.15, 0.2) is 36.5 Å². The Labute approximate surface area is 108 Å². The molecule has 2 aromatic heterocycles. The highest BCUT2D eigenvalue weighted by molar-refractivity contribution is 14.1. The number of pyridine rings is 1. The number of hydrogen-bond acceptors (Lipinski definition) is 1. The van der Waals surface area contributed by atoms with Crippen LogP contribution in [0.1, 0.15) is 5.69 Å². The molecule has 0 aliphatic heterocycles. The second-order valence-corrected chi connectivity index (χ2v) is 3.49. The summed E-state index contributed by atoms with van der Waals surface area (Å²) < 4.78 is 0. The second-order valence-electron chi connectivity index (χ2n) is 3.49. The smallest absolute Gasteiger partial charge is 0.0681 e. The lowest BCUT2D eigenvalue weighted by atomic mass is 10.2. The van der Waals surface area contributed by atoms with Crippen LogP contribution in [0.4, 0.5) is 0 Å². The minimum Gasteiger partial charge on any atom is -0.353 e. The van der Waals surface area contributed by atoms with Gasteiger partial charge in [-0.2, -0.15) is 0 Å². The molecule has 1 N–H and O–H groups in total. The number of hydrogen-bond donors (Lipinski definition) is 1. The number of nitrogens with zero attached hydrogens (tertiary/aromatic N) is 1. The summed E-state index contributed by atoms with van der Waals surface area (Å²) in [5.74, 6) is 0. The van der Waals surface area contributed by atoms with Crippen molar-refractivity contribution in [2.75, 3.05) is 4.93 Å². The van der Waals surface area contributed by atoms with E-state index in [9.17, 15) is 0 Å². The average Bonchev–Trinajstić information content (AvgIpc) is 2.72. The van der Waals surface area contributed by atoms with E-state index in [0.717, 1.165) is 11.2 Å². The first-order valence-corrected chi connectivity index (χ1v) is 7.22. The van der Waals surface area contributed by atoms with Crippen LogP contribution in [0.2, 0.25) is 0 Å². The van der Waals surface area contributed by atoms with Crippen LogP contribution in [-0.4, -0.2) is 14.9 Å². The molecule has 0 amide bonds. The Kier molecular flexibility index (Phi) is 3.43. The normalized spacial score (nSPS) is 10.2. The van der Waals surface area contributed by atoms with Gasteiger partial charge in [-0.3, -0.25) is 4.98 Å². The number of rotatable bonds is 0. The van der Waals surface area contributed by atoms with Crippen molar-refractivity contribution in [1.82, 2.24) is 9.97 Å². The maximum atomic E-state index is 4.27. The third-order valence-corrected chi connectivity index (χ3v) is 2.62. The zero-order chi connectivity index (χ0) is 11.5. The number of aromatic nitrogens is 2. The summed E-state index contributed by atoms with van der Waals surface area (Å²) in [6.45, 7) is 2.03. The first kappa shape index (κ1) is 11.4. The molecule has 82 valence electrons. The average molecular weight is 324 g/mol. The first-order chi connectivity index (χ1) is 7.86. The Balaban J connectivity index is 0.000000457. The van der Waals surface area contributed by atoms with Crippen LogP contribution in [0.5, 0.6) is 0 Å². The monoisotopic (exact) mass is 324 g/mol. The number of nitrogens with one attached hydrogen (secondary N) is 1. The van der Waals surface area contributed by atoms with Gasteiger partial charge >= 0.3 is 0 Å². The van der Waals surface area contributed by atoms with E-state index in [1.807, 2.05) is 24.1 Å². The Bertz CT molecular complexity index is 613. The van der Waals surface area contributed by atoms with Gasteiger partial charge in [0.05, 0.1) is 11.2 Å². The van der Waals surface area contributed by atoms with Crippen LogP contribution in [0.25, 0.3) is 21.8 Å². The lowest BCUT2D eigenvalue weighted by Crippen LogP contribution is -1.79. The van der Waals surface area contributed by atoms with E-state index < -0.39 is 0 Å². The van der Waals surface area contributed by atoms with E-state index in [1.54, 1.807) is 0 Å². The van der Waals surface area contributed by atoms with Crippen LogP contribution >= 0.6 is 22.6 Å².